The van der Waals surface area contributed by atoms with E-state index in [2.05, 4.69) is 21.8 Å². The minimum atomic E-state index is -3.92. The maximum atomic E-state index is 13.4. The zero-order valence-corrected chi connectivity index (χ0v) is 30.0. The second-order valence-corrected chi connectivity index (χ2v) is 16.8. The maximum Gasteiger partial charge on any atom is 0.264 e. The Kier molecular flexibility index (Phi) is 10.2. The summed E-state index contributed by atoms with van der Waals surface area (Å²) in [5.41, 5.74) is 3.26. The van der Waals surface area contributed by atoms with E-state index < -0.39 is 27.3 Å². The van der Waals surface area contributed by atoms with Gasteiger partial charge in [0.25, 0.3) is 11.8 Å². The lowest BCUT2D eigenvalue weighted by atomic mass is 9.68. The van der Waals surface area contributed by atoms with Crippen LogP contribution >= 0.6 is 11.6 Å². The van der Waals surface area contributed by atoms with Crippen molar-refractivity contribution in [2.75, 3.05) is 38.7 Å². The van der Waals surface area contributed by atoms with Gasteiger partial charge in [0.1, 0.15) is 11.9 Å². The first-order valence-electron chi connectivity index (χ1n) is 17.3. The number of hydrogen-bond donors (Lipinski definition) is 1. The number of ether oxygens (including phenoxy) is 2. The van der Waals surface area contributed by atoms with Gasteiger partial charge in [-0.05, 0) is 112 Å². The van der Waals surface area contributed by atoms with E-state index in [1.165, 1.54) is 11.1 Å². The summed E-state index contributed by atoms with van der Waals surface area (Å²) >= 11 is 6.44. The van der Waals surface area contributed by atoms with Gasteiger partial charge in [-0.3, -0.25) is 9.59 Å². The fourth-order valence-electron chi connectivity index (χ4n) is 7.89. The zero-order valence-electron chi connectivity index (χ0n) is 28.4. The molecule has 1 saturated carbocycles. The highest BCUT2D eigenvalue weighted by molar-refractivity contribution is 7.90. The summed E-state index contributed by atoms with van der Waals surface area (Å²) in [6.45, 7) is 5.45. The van der Waals surface area contributed by atoms with E-state index in [0.29, 0.717) is 44.7 Å². The second-order valence-electron chi connectivity index (χ2n) is 14.3. The zero-order chi connectivity index (χ0) is 34.2. The summed E-state index contributed by atoms with van der Waals surface area (Å²) in [4.78, 5) is 30.4. The third-order valence-electron chi connectivity index (χ3n) is 10.9. The number of sulfonamides is 1. The molecule has 6 rings (SSSR count). The highest BCUT2D eigenvalue weighted by atomic mass is 35.5. The van der Waals surface area contributed by atoms with Crippen molar-refractivity contribution >= 4 is 39.1 Å². The Bertz CT molecular complexity index is 1680. The lowest BCUT2D eigenvalue weighted by molar-refractivity contribution is -0.148. The Morgan fingerprint density at radius 3 is 2.73 bits per heavy atom. The summed E-state index contributed by atoms with van der Waals surface area (Å²) in [6.07, 6.45) is 9.44. The lowest BCUT2D eigenvalue weighted by Gasteiger charge is -2.46. The van der Waals surface area contributed by atoms with Gasteiger partial charge in [0.2, 0.25) is 10.0 Å². The summed E-state index contributed by atoms with van der Waals surface area (Å²) < 4.78 is 42.0. The molecule has 2 aliphatic carbocycles. The van der Waals surface area contributed by atoms with Gasteiger partial charge in [-0.15, -0.1) is 0 Å². The van der Waals surface area contributed by atoms with Gasteiger partial charge in [0, 0.05) is 43.2 Å². The predicted octanol–water partition coefficient (Wildman–Crippen LogP) is 5.89. The number of nitrogens with zero attached hydrogens (tertiary/aromatic N) is 2. The minimum Gasteiger partial charge on any atom is -0.490 e. The van der Waals surface area contributed by atoms with Crippen LogP contribution in [0, 0.1) is 11.8 Å². The average Bonchev–Trinajstić information content (AvgIpc) is 3.19. The summed E-state index contributed by atoms with van der Waals surface area (Å²) in [5, 5.41) is -0.0583. The van der Waals surface area contributed by atoms with Crippen LogP contribution in [-0.4, -0.2) is 76.4 Å². The number of halogens is 1. The topological polar surface area (TPSA) is 105 Å². The molecular formula is C37H48ClN3O6S. The number of nitrogens with one attached hydrogen (secondary N) is 1. The quantitative estimate of drug-likeness (QED) is 0.398. The van der Waals surface area contributed by atoms with E-state index in [9.17, 15) is 18.0 Å². The summed E-state index contributed by atoms with van der Waals surface area (Å²) in [7, 11) is -0.431. The number of carbonyl (C=O) groups is 2. The van der Waals surface area contributed by atoms with Gasteiger partial charge in [0.15, 0.2) is 0 Å². The van der Waals surface area contributed by atoms with Gasteiger partial charge in [-0.25, -0.2) is 13.1 Å². The third-order valence-corrected chi connectivity index (χ3v) is 12.9. The van der Waals surface area contributed by atoms with E-state index in [0.717, 1.165) is 42.8 Å². The first kappa shape index (κ1) is 34.8. The number of rotatable bonds is 4. The second kappa shape index (κ2) is 14.0. The normalized spacial score (nSPS) is 29.6. The molecule has 0 radical (unpaired) electrons. The number of hydrogen-bond acceptors (Lipinski definition) is 7. The van der Waals surface area contributed by atoms with Crippen molar-refractivity contribution in [3.8, 4) is 5.75 Å². The highest BCUT2D eigenvalue weighted by Gasteiger charge is 2.45. The minimum absolute atomic E-state index is 0.0616. The standard InChI is InChI=1S/C37H48ClN3O6S/c1-5-32(36(43)40(3)4)47-33-11-7-6-9-24(2)48(44,45)39-35(42)26-13-17-34-31(20-26)41(21-27-12-15-29(27)33)22-37(23-46-34)18-8-10-25-19-28(38)14-16-30(25)37/h7,11,13-14,16-17,19-20,24,27,29,32-33H,5-6,8-10,12,15,18,21-23H2,1-4H3,(H,39,42)/b11-7-/t24-,27+,29-,32-,33+,37+/m1/s1. The van der Waals surface area contributed by atoms with Crippen molar-refractivity contribution in [2.24, 2.45) is 11.8 Å². The van der Waals surface area contributed by atoms with Crippen LogP contribution in [0.2, 0.25) is 5.02 Å². The molecule has 11 heteroatoms. The Labute approximate surface area is 290 Å². The smallest absolute Gasteiger partial charge is 0.264 e. The fraction of sp³-hybridized carbons (Fsp3) is 0.568. The lowest BCUT2D eigenvalue weighted by Crippen LogP contribution is -2.50. The third kappa shape index (κ3) is 6.98. The van der Waals surface area contributed by atoms with Crippen LogP contribution in [0.15, 0.2) is 48.6 Å². The molecule has 6 atom stereocenters. The number of carbonyl (C=O) groups excluding carboxylic acids is 2. The number of fused-ring (bicyclic) bond motifs is 4. The molecule has 1 spiro atoms. The number of likely N-dealkylation sites (N-methyl/N-ethyl adjacent to an activating group) is 1. The van der Waals surface area contributed by atoms with E-state index in [4.69, 9.17) is 21.1 Å². The SMILES string of the molecule is CC[C@@H](O[C@H]1/C=C\CC[C@@H](C)S(=O)(=O)NC(=O)c2ccc3c(c2)N(C[C@@H]2CC[C@H]21)C[C@@]1(CCCc2cc(Cl)ccc21)CO3)C(=O)N(C)C. The van der Waals surface area contributed by atoms with Crippen LogP contribution in [0.5, 0.6) is 5.75 Å². The molecule has 9 nitrogen and oxygen atoms in total. The average molecular weight is 698 g/mol. The molecule has 4 aliphatic rings. The van der Waals surface area contributed by atoms with Crippen molar-refractivity contribution in [1.29, 1.82) is 0 Å². The van der Waals surface area contributed by atoms with Crippen LogP contribution in [-0.2, 0) is 31.4 Å². The fourth-order valence-corrected chi connectivity index (χ4v) is 9.11. The molecule has 1 fully saturated rings. The number of aryl methyl sites for hydroxylation is 1. The van der Waals surface area contributed by atoms with Crippen LogP contribution in [0.3, 0.4) is 0 Å². The highest BCUT2D eigenvalue weighted by Crippen LogP contribution is 2.47. The Hall–Kier alpha value is -3.08. The van der Waals surface area contributed by atoms with E-state index in [1.807, 2.05) is 25.1 Å². The van der Waals surface area contributed by atoms with Gasteiger partial charge in [-0.2, -0.15) is 0 Å². The van der Waals surface area contributed by atoms with Crippen LogP contribution in [0.25, 0.3) is 0 Å². The first-order valence-corrected chi connectivity index (χ1v) is 19.2. The van der Waals surface area contributed by atoms with Gasteiger partial charge in [-0.1, -0.05) is 36.7 Å². The largest absolute Gasteiger partial charge is 0.490 e. The van der Waals surface area contributed by atoms with E-state index >= 15 is 0 Å². The van der Waals surface area contributed by atoms with Gasteiger partial charge < -0.3 is 19.3 Å². The Morgan fingerprint density at radius 2 is 2.00 bits per heavy atom. The van der Waals surface area contributed by atoms with Crippen molar-refractivity contribution < 1.29 is 27.5 Å². The molecule has 1 N–H and O–H groups in total. The van der Waals surface area contributed by atoms with Crippen molar-refractivity contribution in [3.63, 3.8) is 0 Å². The maximum absolute atomic E-state index is 13.4. The molecule has 0 saturated heterocycles. The van der Waals surface area contributed by atoms with Crippen LogP contribution in [0.4, 0.5) is 5.69 Å². The molecular weight excluding hydrogens is 650 g/mol. The number of anilines is 1. The summed E-state index contributed by atoms with van der Waals surface area (Å²) in [6, 6.07) is 11.4. The molecule has 2 aromatic carbocycles. The molecule has 0 aromatic heterocycles. The Balaban J connectivity index is 1.41. The van der Waals surface area contributed by atoms with Gasteiger partial charge in [0.05, 0.1) is 23.6 Å². The molecule has 2 aliphatic heterocycles. The van der Waals surface area contributed by atoms with Gasteiger partial charge >= 0.3 is 0 Å². The molecule has 2 heterocycles. The molecule has 2 amide bonds. The monoisotopic (exact) mass is 697 g/mol. The summed E-state index contributed by atoms with van der Waals surface area (Å²) in [5.74, 6) is 0.413. The van der Waals surface area contributed by atoms with Crippen molar-refractivity contribution in [1.82, 2.24) is 9.62 Å². The predicted molar refractivity (Wildman–Crippen MR) is 188 cm³/mol. The first-order chi connectivity index (χ1) is 22.9. The van der Waals surface area contributed by atoms with Crippen LogP contribution in [0.1, 0.15) is 80.3 Å². The van der Waals surface area contributed by atoms with Crippen LogP contribution < -0.4 is 14.4 Å². The Morgan fingerprint density at radius 1 is 1.19 bits per heavy atom. The molecule has 2 aromatic rings. The molecule has 260 valence electrons. The van der Waals surface area contributed by atoms with Crippen molar-refractivity contribution in [3.05, 3.63) is 70.3 Å². The number of allylic oxidation sites excluding steroid dienone is 1. The number of benzene rings is 2. The van der Waals surface area contributed by atoms with E-state index in [-0.39, 0.29) is 34.8 Å². The van der Waals surface area contributed by atoms with Crippen molar-refractivity contribution in [2.45, 2.75) is 88.1 Å². The molecule has 2 bridgehead atoms. The number of amides is 2. The molecule has 48 heavy (non-hydrogen) atoms. The molecule has 0 unspecified atom stereocenters. The van der Waals surface area contributed by atoms with E-state index in [1.54, 1.807) is 44.1 Å².